The van der Waals surface area contributed by atoms with Crippen molar-refractivity contribution in [1.29, 1.82) is 0 Å². The lowest BCUT2D eigenvalue weighted by atomic mass is 9.96. The SMILES string of the molecule is C=CCON[C@H]1CNC(C(N)=O)C=C1C1CC1. The third-order valence-corrected chi connectivity index (χ3v) is 3.09. The summed E-state index contributed by atoms with van der Waals surface area (Å²) in [6, 6.07) is -0.221. The molecule has 1 aliphatic carbocycles. The molecule has 0 saturated heterocycles. The number of nitrogens with one attached hydrogen (secondary N) is 2. The summed E-state index contributed by atoms with van der Waals surface area (Å²) < 4.78 is 0. The third-order valence-electron chi connectivity index (χ3n) is 3.09. The van der Waals surface area contributed by atoms with Crippen LogP contribution in [-0.4, -0.2) is 31.1 Å². The van der Waals surface area contributed by atoms with E-state index in [0.717, 1.165) is 0 Å². The van der Waals surface area contributed by atoms with Gasteiger partial charge in [-0.25, -0.2) is 0 Å². The van der Waals surface area contributed by atoms with Gasteiger partial charge in [0.25, 0.3) is 0 Å². The van der Waals surface area contributed by atoms with E-state index in [-0.39, 0.29) is 18.0 Å². The zero-order chi connectivity index (χ0) is 12.3. The van der Waals surface area contributed by atoms with Gasteiger partial charge in [0.15, 0.2) is 0 Å². The van der Waals surface area contributed by atoms with Gasteiger partial charge >= 0.3 is 0 Å². The lowest BCUT2D eigenvalue weighted by Crippen LogP contribution is -2.52. The maximum Gasteiger partial charge on any atom is 0.238 e. The number of hydroxylamine groups is 1. The first kappa shape index (κ1) is 12.3. The van der Waals surface area contributed by atoms with E-state index >= 15 is 0 Å². The number of hydrogen-bond acceptors (Lipinski definition) is 4. The fourth-order valence-corrected chi connectivity index (χ4v) is 2.07. The smallest absolute Gasteiger partial charge is 0.238 e. The lowest BCUT2D eigenvalue weighted by Gasteiger charge is -2.29. The zero-order valence-electron chi connectivity index (χ0n) is 9.82. The van der Waals surface area contributed by atoms with E-state index in [0.29, 0.717) is 19.1 Å². The van der Waals surface area contributed by atoms with E-state index < -0.39 is 0 Å². The van der Waals surface area contributed by atoms with Gasteiger partial charge in [0.2, 0.25) is 5.91 Å². The Hall–Kier alpha value is -1.17. The van der Waals surface area contributed by atoms with Crippen LogP contribution in [0.15, 0.2) is 24.3 Å². The van der Waals surface area contributed by atoms with Gasteiger partial charge in [-0.1, -0.05) is 12.2 Å². The van der Waals surface area contributed by atoms with Crippen molar-refractivity contribution in [2.45, 2.75) is 24.9 Å². The van der Waals surface area contributed by atoms with Crippen molar-refractivity contribution in [2.24, 2.45) is 11.7 Å². The topological polar surface area (TPSA) is 76.4 Å². The molecule has 1 fully saturated rings. The maximum absolute atomic E-state index is 11.2. The number of nitrogens with two attached hydrogens (primary N) is 1. The predicted octanol–water partition coefficient (Wildman–Crippen LogP) is -0.144. The van der Waals surface area contributed by atoms with Gasteiger partial charge < -0.3 is 11.1 Å². The van der Waals surface area contributed by atoms with Crippen LogP contribution >= 0.6 is 0 Å². The maximum atomic E-state index is 11.2. The molecule has 4 N–H and O–H groups in total. The van der Waals surface area contributed by atoms with Crippen molar-refractivity contribution in [3.8, 4) is 0 Å². The Balaban J connectivity index is 1.99. The fraction of sp³-hybridized carbons (Fsp3) is 0.583. The number of primary amides is 1. The van der Waals surface area contributed by atoms with Crippen LogP contribution in [0.25, 0.3) is 0 Å². The fourth-order valence-electron chi connectivity index (χ4n) is 2.07. The van der Waals surface area contributed by atoms with Gasteiger partial charge in [0.05, 0.1) is 12.6 Å². The minimum atomic E-state index is -0.344. The molecule has 1 heterocycles. The molecule has 2 aliphatic rings. The van der Waals surface area contributed by atoms with Crippen LogP contribution in [0.4, 0.5) is 0 Å². The summed E-state index contributed by atoms with van der Waals surface area (Å²) in [5.41, 5.74) is 9.55. The molecule has 5 nitrogen and oxygen atoms in total. The summed E-state index contributed by atoms with van der Waals surface area (Å²) in [7, 11) is 0. The third kappa shape index (κ3) is 3.15. The van der Waals surface area contributed by atoms with Crippen molar-refractivity contribution < 1.29 is 9.63 Å². The molecule has 0 aromatic heterocycles. The first-order valence-electron chi connectivity index (χ1n) is 5.95. The number of amides is 1. The highest BCUT2D eigenvalue weighted by Crippen LogP contribution is 2.39. The molecular weight excluding hydrogens is 218 g/mol. The van der Waals surface area contributed by atoms with Crippen LogP contribution in [0.5, 0.6) is 0 Å². The average Bonchev–Trinajstić information content (AvgIpc) is 3.13. The van der Waals surface area contributed by atoms with Crippen molar-refractivity contribution in [2.75, 3.05) is 13.2 Å². The van der Waals surface area contributed by atoms with E-state index in [1.165, 1.54) is 18.4 Å². The Labute approximate surface area is 101 Å². The van der Waals surface area contributed by atoms with E-state index in [4.69, 9.17) is 10.6 Å². The van der Waals surface area contributed by atoms with E-state index in [1.807, 2.05) is 6.08 Å². The second-order valence-electron chi connectivity index (χ2n) is 4.50. The molecule has 0 spiro atoms. The van der Waals surface area contributed by atoms with E-state index in [9.17, 15) is 4.79 Å². The molecule has 94 valence electrons. The van der Waals surface area contributed by atoms with Gasteiger partial charge in [-0.3, -0.25) is 9.63 Å². The highest BCUT2D eigenvalue weighted by atomic mass is 16.6. The van der Waals surface area contributed by atoms with Gasteiger partial charge in [-0.15, -0.1) is 6.58 Å². The standard InChI is InChI=1S/C12H19N3O2/c1-2-5-17-15-11-7-14-10(12(13)16)6-9(11)8-3-4-8/h2,6,8,10-11,14-15H,1,3-5,7H2,(H2,13,16)/t10?,11-/m0/s1. The van der Waals surface area contributed by atoms with Crippen molar-refractivity contribution in [1.82, 2.24) is 10.8 Å². The average molecular weight is 237 g/mol. The molecule has 2 rings (SSSR count). The zero-order valence-corrected chi connectivity index (χ0v) is 9.82. The molecule has 0 aromatic carbocycles. The normalized spacial score (nSPS) is 28.6. The summed E-state index contributed by atoms with van der Waals surface area (Å²) in [6.45, 7) is 4.71. The van der Waals surface area contributed by atoms with Gasteiger partial charge in [0.1, 0.15) is 6.04 Å². The van der Waals surface area contributed by atoms with Crippen molar-refractivity contribution >= 4 is 5.91 Å². The summed E-state index contributed by atoms with van der Waals surface area (Å²) in [5, 5.41) is 3.09. The second-order valence-corrected chi connectivity index (χ2v) is 4.50. The molecule has 2 atom stereocenters. The lowest BCUT2D eigenvalue weighted by molar-refractivity contribution is -0.119. The Morgan fingerprint density at radius 1 is 1.71 bits per heavy atom. The monoisotopic (exact) mass is 237 g/mol. The highest BCUT2D eigenvalue weighted by molar-refractivity contribution is 5.82. The highest BCUT2D eigenvalue weighted by Gasteiger charge is 2.35. The van der Waals surface area contributed by atoms with Crippen LogP contribution < -0.4 is 16.5 Å². The van der Waals surface area contributed by atoms with Crippen LogP contribution in [-0.2, 0) is 9.63 Å². The number of hydrogen-bond donors (Lipinski definition) is 3. The molecule has 0 aromatic rings. The minimum absolute atomic E-state index is 0.123. The van der Waals surface area contributed by atoms with Gasteiger partial charge in [-0.05, 0) is 24.3 Å². The molecule has 0 bridgehead atoms. The first-order valence-corrected chi connectivity index (χ1v) is 5.95. The molecule has 1 unspecified atom stereocenters. The van der Waals surface area contributed by atoms with Crippen molar-refractivity contribution in [3.63, 3.8) is 0 Å². The number of carbonyl (C=O) groups is 1. The van der Waals surface area contributed by atoms with Crippen molar-refractivity contribution in [3.05, 3.63) is 24.3 Å². The Morgan fingerprint density at radius 3 is 3.06 bits per heavy atom. The molecule has 1 amide bonds. The summed E-state index contributed by atoms with van der Waals surface area (Å²) in [5.74, 6) is 0.261. The Bertz CT molecular complexity index is 337. The molecule has 0 radical (unpaired) electrons. The van der Waals surface area contributed by atoms with Crippen LogP contribution in [0.2, 0.25) is 0 Å². The molecule has 1 saturated carbocycles. The van der Waals surface area contributed by atoms with E-state index in [2.05, 4.69) is 17.4 Å². The predicted molar refractivity (Wildman–Crippen MR) is 64.9 cm³/mol. The molecule has 1 aliphatic heterocycles. The molecule has 5 heteroatoms. The number of rotatable bonds is 6. The first-order chi connectivity index (χ1) is 8.22. The molecular formula is C12H19N3O2. The summed E-state index contributed by atoms with van der Waals surface area (Å²) in [6.07, 6.45) is 6.02. The minimum Gasteiger partial charge on any atom is -0.368 e. The van der Waals surface area contributed by atoms with Crippen LogP contribution in [0.1, 0.15) is 12.8 Å². The van der Waals surface area contributed by atoms with Crippen LogP contribution in [0.3, 0.4) is 0 Å². The van der Waals surface area contributed by atoms with Gasteiger partial charge in [0, 0.05) is 6.54 Å². The quantitative estimate of drug-likeness (QED) is 0.341. The van der Waals surface area contributed by atoms with Crippen LogP contribution in [0, 0.1) is 5.92 Å². The molecule has 17 heavy (non-hydrogen) atoms. The van der Waals surface area contributed by atoms with E-state index in [1.54, 1.807) is 6.08 Å². The largest absolute Gasteiger partial charge is 0.368 e. The Morgan fingerprint density at radius 2 is 2.47 bits per heavy atom. The summed E-state index contributed by atoms with van der Waals surface area (Å²) in [4.78, 5) is 16.4. The number of carbonyl (C=O) groups excluding carboxylic acids is 1. The van der Waals surface area contributed by atoms with Gasteiger partial charge in [-0.2, -0.15) is 5.48 Å². The summed E-state index contributed by atoms with van der Waals surface area (Å²) >= 11 is 0. The second kappa shape index (κ2) is 5.44. The Kier molecular flexibility index (Phi) is 3.93.